The maximum absolute atomic E-state index is 12.3. The van der Waals surface area contributed by atoms with E-state index >= 15 is 0 Å². The normalized spacial score (nSPS) is 10.5. The molecule has 3 N–H and O–H groups in total. The highest BCUT2D eigenvalue weighted by atomic mass is 32.2. The average Bonchev–Trinajstić information content (AvgIpc) is 3.12. The highest BCUT2D eigenvalue weighted by Gasteiger charge is 2.14. The van der Waals surface area contributed by atoms with Crippen molar-refractivity contribution in [2.75, 3.05) is 24.8 Å². The largest absolute Gasteiger partial charge is 0.497 e. The van der Waals surface area contributed by atoms with E-state index in [1.807, 2.05) is 35.8 Å². The number of aryl methyl sites for hydroxylation is 1. The molecule has 3 aromatic rings. The van der Waals surface area contributed by atoms with Gasteiger partial charge in [0.1, 0.15) is 17.3 Å². The molecule has 1 aromatic heterocycles. The number of ether oxygens (including phenoxy) is 2. The second-order valence-electron chi connectivity index (χ2n) is 6.18. The number of primary amides is 1. The lowest BCUT2D eigenvalue weighted by Gasteiger charge is -2.10. The second-order valence-corrected chi connectivity index (χ2v) is 7.12. The number of amides is 2. The minimum atomic E-state index is -0.554. The van der Waals surface area contributed by atoms with Crippen LogP contribution in [0, 0.1) is 6.92 Å². The molecule has 30 heavy (non-hydrogen) atoms. The van der Waals surface area contributed by atoms with Crippen molar-refractivity contribution in [3.63, 3.8) is 0 Å². The maximum atomic E-state index is 12.3. The van der Waals surface area contributed by atoms with E-state index in [0.717, 1.165) is 17.3 Å². The van der Waals surface area contributed by atoms with Crippen molar-refractivity contribution >= 4 is 29.3 Å². The van der Waals surface area contributed by atoms with Crippen molar-refractivity contribution in [3.8, 4) is 17.2 Å². The number of methoxy groups -OCH3 is 1. The summed E-state index contributed by atoms with van der Waals surface area (Å²) in [4.78, 5) is 23.1. The maximum Gasteiger partial charge on any atom is 0.255 e. The Labute approximate surface area is 177 Å². The van der Waals surface area contributed by atoms with Gasteiger partial charge in [0, 0.05) is 11.4 Å². The predicted molar refractivity (Wildman–Crippen MR) is 113 cm³/mol. The van der Waals surface area contributed by atoms with Crippen molar-refractivity contribution in [3.05, 3.63) is 54.4 Å². The van der Waals surface area contributed by atoms with Gasteiger partial charge in [-0.3, -0.25) is 14.2 Å². The van der Waals surface area contributed by atoms with Gasteiger partial charge in [-0.05, 0) is 55.5 Å². The molecule has 0 fully saturated rings. The molecular weight excluding hydrogens is 406 g/mol. The van der Waals surface area contributed by atoms with Gasteiger partial charge in [0.05, 0.1) is 12.9 Å². The number of carbonyl (C=O) groups is 2. The zero-order valence-corrected chi connectivity index (χ0v) is 17.3. The van der Waals surface area contributed by atoms with E-state index in [2.05, 4.69) is 15.5 Å². The third-order valence-corrected chi connectivity index (χ3v) is 4.91. The second kappa shape index (κ2) is 9.79. The summed E-state index contributed by atoms with van der Waals surface area (Å²) in [6, 6.07) is 14.2. The molecule has 0 saturated carbocycles. The Morgan fingerprint density at radius 2 is 1.73 bits per heavy atom. The van der Waals surface area contributed by atoms with Gasteiger partial charge in [-0.15, -0.1) is 10.2 Å². The van der Waals surface area contributed by atoms with Crippen LogP contribution >= 0.6 is 11.8 Å². The van der Waals surface area contributed by atoms with E-state index in [-0.39, 0.29) is 18.3 Å². The summed E-state index contributed by atoms with van der Waals surface area (Å²) in [6.45, 7) is 1.65. The smallest absolute Gasteiger partial charge is 0.255 e. The molecule has 0 unspecified atom stereocenters. The Bertz CT molecular complexity index is 1020. The van der Waals surface area contributed by atoms with Gasteiger partial charge in [0.25, 0.3) is 5.91 Å². The van der Waals surface area contributed by atoms with Crippen LogP contribution in [-0.2, 0) is 9.59 Å². The van der Waals surface area contributed by atoms with E-state index in [9.17, 15) is 9.59 Å². The quantitative estimate of drug-likeness (QED) is 0.502. The number of hydrogen-bond acceptors (Lipinski definition) is 7. The Morgan fingerprint density at radius 1 is 1.07 bits per heavy atom. The van der Waals surface area contributed by atoms with Crippen LogP contribution in [0.4, 0.5) is 5.69 Å². The summed E-state index contributed by atoms with van der Waals surface area (Å²) in [5, 5.41) is 11.7. The minimum absolute atomic E-state index is 0.161. The zero-order chi connectivity index (χ0) is 21.5. The summed E-state index contributed by atoms with van der Waals surface area (Å²) < 4.78 is 12.3. The number of benzene rings is 2. The van der Waals surface area contributed by atoms with Crippen molar-refractivity contribution in [2.45, 2.75) is 12.1 Å². The fourth-order valence-electron chi connectivity index (χ4n) is 2.58. The van der Waals surface area contributed by atoms with E-state index < -0.39 is 5.91 Å². The molecule has 0 bridgehead atoms. The van der Waals surface area contributed by atoms with Crippen LogP contribution in [0.5, 0.6) is 11.5 Å². The van der Waals surface area contributed by atoms with Crippen molar-refractivity contribution in [1.82, 2.24) is 14.8 Å². The minimum Gasteiger partial charge on any atom is -0.497 e. The van der Waals surface area contributed by atoms with Gasteiger partial charge in [-0.2, -0.15) is 0 Å². The first-order valence-corrected chi connectivity index (χ1v) is 9.95. The molecule has 10 heteroatoms. The lowest BCUT2D eigenvalue weighted by Crippen LogP contribution is -2.20. The van der Waals surface area contributed by atoms with Crippen LogP contribution in [0.25, 0.3) is 5.69 Å². The number of carbonyl (C=O) groups excluding carboxylic acids is 2. The Hall–Kier alpha value is -3.53. The van der Waals surface area contributed by atoms with Crippen LogP contribution in [0.2, 0.25) is 0 Å². The van der Waals surface area contributed by atoms with Crippen molar-refractivity contribution < 1.29 is 19.1 Å². The highest BCUT2D eigenvalue weighted by Crippen LogP contribution is 2.24. The molecule has 3 rings (SSSR count). The third-order valence-electron chi connectivity index (χ3n) is 3.98. The summed E-state index contributed by atoms with van der Waals surface area (Å²) in [6.07, 6.45) is 0. The van der Waals surface area contributed by atoms with Gasteiger partial charge in [-0.25, -0.2) is 0 Å². The average molecular weight is 427 g/mol. The molecule has 0 atom stereocenters. The number of nitrogens with two attached hydrogens (primary N) is 1. The number of nitrogens with one attached hydrogen (secondary N) is 1. The van der Waals surface area contributed by atoms with E-state index in [1.165, 1.54) is 11.8 Å². The van der Waals surface area contributed by atoms with Crippen LogP contribution < -0.4 is 20.5 Å². The van der Waals surface area contributed by atoms with Gasteiger partial charge in [-0.1, -0.05) is 11.8 Å². The molecule has 156 valence electrons. The van der Waals surface area contributed by atoms with Gasteiger partial charge in [0.15, 0.2) is 11.8 Å². The third kappa shape index (κ3) is 5.51. The molecule has 0 aliphatic carbocycles. The summed E-state index contributed by atoms with van der Waals surface area (Å²) in [5.74, 6) is 1.38. The number of aromatic nitrogens is 3. The lowest BCUT2D eigenvalue weighted by molar-refractivity contribution is -0.120. The van der Waals surface area contributed by atoms with Gasteiger partial charge < -0.3 is 20.5 Å². The molecule has 2 aromatic carbocycles. The molecule has 1 heterocycles. The van der Waals surface area contributed by atoms with Gasteiger partial charge in [0.2, 0.25) is 5.91 Å². The fraction of sp³-hybridized carbons (Fsp3) is 0.200. The molecule has 0 saturated heterocycles. The standard InChI is InChI=1S/C20H21N5O4S/c1-13-23-24-20(25(13)15-5-9-16(28-2)10-6-15)30-12-19(27)22-14-3-7-17(8-4-14)29-11-18(21)26/h3-10H,11-12H2,1-2H3,(H2,21,26)(H,22,27). The van der Waals surface area contributed by atoms with E-state index in [4.69, 9.17) is 15.2 Å². The highest BCUT2D eigenvalue weighted by molar-refractivity contribution is 7.99. The van der Waals surface area contributed by atoms with Crippen LogP contribution in [-0.4, -0.2) is 46.0 Å². The van der Waals surface area contributed by atoms with E-state index in [0.29, 0.717) is 16.6 Å². The first kappa shape index (κ1) is 21.2. The number of thioether (sulfide) groups is 1. The first-order valence-electron chi connectivity index (χ1n) is 8.96. The van der Waals surface area contributed by atoms with Crippen molar-refractivity contribution in [1.29, 1.82) is 0 Å². The number of nitrogens with zero attached hydrogens (tertiary/aromatic N) is 3. The van der Waals surface area contributed by atoms with Crippen molar-refractivity contribution in [2.24, 2.45) is 5.73 Å². The van der Waals surface area contributed by atoms with Crippen LogP contribution in [0.3, 0.4) is 0 Å². The fourth-order valence-corrected chi connectivity index (χ4v) is 3.38. The Kier molecular flexibility index (Phi) is 6.91. The first-order chi connectivity index (χ1) is 14.5. The van der Waals surface area contributed by atoms with Crippen LogP contribution in [0.15, 0.2) is 53.7 Å². The Balaban J connectivity index is 1.59. The molecule has 0 spiro atoms. The molecule has 9 nitrogen and oxygen atoms in total. The SMILES string of the molecule is COc1ccc(-n2c(C)nnc2SCC(=O)Nc2ccc(OCC(N)=O)cc2)cc1. The molecule has 0 aliphatic rings. The van der Waals surface area contributed by atoms with Crippen LogP contribution in [0.1, 0.15) is 5.82 Å². The lowest BCUT2D eigenvalue weighted by atomic mass is 10.3. The summed E-state index contributed by atoms with van der Waals surface area (Å²) >= 11 is 1.28. The Morgan fingerprint density at radius 3 is 2.37 bits per heavy atom. The van der Waals surface area contributed by atoms with Gasteiger partial charge >= 0.3 is 0 Å². The number of anilines is 1. The zero-order valence-electron chi connectivity index (χ0n) is 16.5. The predicted octanol–water partition coefficient (Wildman–Crippen LogP) is 2.18. The summed E-state index contributed by atoms with van der Waals surface area (Å²) in [7, 11) is 1.61. The molecule has 2 amide bonds. The number of rotatable bonds is 9. The molecule has 0 radical (unpaired) electrons. The number of hydrogen-bond donors (Lipinski definition) is 2. The molecule has 0 aliphatic heterocycles. The molecular formula is C20H21N5O4S. The van der Waals surface area contributed by atoms with E-state index in [1.54, 1.807) is 31.4 Å². The summed E-state index contributed by atoms with van der Waals surface area (Å²) in [5.41, 5.74) is 6.53. The topological polar surface area (TPSA) is 121 Å². The monoisotopic (exact) mass is 427 g/mol.